The van der Waals surface area contributed by atoms with E-state index in [1.807, 2.05) is 0 Å². The van der Waals surface area contributed by atoms with E-state index < -0.39 is 0 Å². The van der Waals surface area contributed by atoms with Crippen molar-refractivity contribution in [2.45, 2.75) is 32.5 Å². The molecule has 0 aliphatic carbocycles. The second kappa shape index (κ2) is 3.18. The van der Waals surface area contributed by atoms with Crippen molar-refractivity contribution in [3.8, 4) is 0 Å². The predicted molar refractivity (Wildman–Crippen MR) is 37.5 cm³/mol. The van der Waals surface area contributed by atoms with E-state index in [0.717, 1.165) is 19.5 Å². The summed E-state index contributed by atoms with van der Waals surface area (Å²) in [6.45, 7) is 6.34. The third-order valence-corrected chi connectivity index (χ3v) is 1.62. The zero-order valence-electron chi connectivity index (χ0n) is 6.18. The van der Waals surface area contributed by atoms with Gasteiger partial charge < -0.3 is 10.1 Å². The van der Waals surface area contributed by atoms with E-state index in [1.165, 1.54) is 0 Å². The number of hydrogen-bond acceptors (Lipinski definition) is 2. The Balaban J connectivity index is 2.29. The summed E-state index contributed by atoms with van der Waals surface area (Å²) in [5, 5.41) is 3.30. The van der Waals surface area contributed by atoms with Gasteiger partial charge in [0, 0.05) is 6.54 Å². The predicted octanol–water partition coefficient (Wildman–Crippen LogP) is 0.773. The Morgan fingerprint density at radius 3 is 2.89 bits per heavy atom. The largest absolute Gasteiger partial charge is 0.374 e. The summed E-state index contributed by atoms with van der Waals surface area (Å²) >= 11 is 0. The van der Waals surface area contributed by atoms with Gasteiger partial charge in [-0.25, -0.2) is 0 Å². The maximum Gasteiger partial charge on any atom is 0.0674 e. The van der Waals surface area contributed by atoms with Crippen molar-refractivity contribution >= 4 is 0 Å². The van der Waals surface area contributed by atoms with Crippen LogP contribution in [0, 0.1) is 0 Å². The molecule has 0 saturated carbocycles. The third-order valence-electron chi connectivity index (χ3n) is 1.62. The Morgan fingerprint density at radius 1 is 1.33 bits per heavy atom. The van der Waals surface area contributed by atoms with Gasteiger partial charge >= 0.3 is 0 Å². The molecule has 0 bridgehead atoms. The molecular weight excluding hydrogens is 114 g/mol. The summed E-state index contributed by atoms with van der Waals surface area (Å²) < 4.78 is 5.55. The van der Waals surface area contributed by atoms with E-state index in [0.29, 0.717) is 12.2 Å². The van der Waals surface area contributed by atoms with Crippen LogP contribution in [0.4, 0.5) is 0 Å². The third kappa shape index (κ3) is 2.33. The molecule has 1 saturated heterocycles. The highest BCUT2D eigenvalue weighted by Gasteiger charge is 2.11. The Labute approximate surface area is 56.6 Å². The van der Waals surface area contributed by atoms with Crippen molar-refractivity contribution in [1.29, 1.82) is 0 Å². The van der Waals surface area contributed by atoms with Gasteiger partial charge in [-0.05, 0) is 26.8 Å². The van der Waals surface area contributed by atoms with Crippen molar-refractivity contribution in [2.24, 2.45) is 0 Å². The highest BCUT2D eigenvalue weighted by molar-refractivity contribution is 4.64. The molecule has 1 aliphatic heterocycles. The summed E-state index contributed by atoms with van der Waals surface area (Å²) in [4.78, 5) is 0. The quantitative estimate of drug-likeness (QED) is 0.521. The van der Waals surface area contributed by atoms with Gasteiger partial charge in [0.1, 0.15) is 0 Å². The molecule has 0 aromatic rings. The first-order valence-corrected chi connectivity index (χ1v) is 3.65. The van der Waals surface area contributed by atoms with Gasteiger partial charge in [-0.2, -0.15) is 0 Å². The monoisotopic (exact) mass is 129 g/mol. The van der Waals surface area contributed by atoms with Crippen LogP contribution < -0.4 is 5.32 Å². The van der Waals surface area contributed by atoms with Gasteiger partial charge in [-0.15, -0.1) is 0 Å². The number of hydrogen-bond donors (Lipinski definition) is 1. The summed E-state index contributed by atoms with van der Waals surface area (Å²) in [6, 6.07) is 0. The normalized spacial score (nSPS) is 38.0. The number of nitrogens with one attached hydrogen (secondary N) is 1. The molecule has 2 nitrogen and oxygen atoms in total. The SMILES string of the molecule is CC1CCNCC(C)O1. The molecule has 2 heteroatoms. The zero-order chi connectivity index (χ0) is 6.69. The summed E-state index contributed by atoms with van der Waals surface area (Å²) in [5.74, 6) is 0. The first-order valence-electron chi connectivity index (χ1n) is 3.65. The first kappa shape index (κ1) is 7.03. The van der Waals surface area contributed by atoms with Crippen LogP contribution in [0.5, 0.6) is 0 Å². The fourth-order valence-electron chi connectivity index (χ4n) is 1.12. The Morgan fingerprint density at radius 2 is 2.11 bits per heavy atom. The van der Waals surface area contributed by atoms with Crippen LogP contribution >= 0.6 is 0 Å². The maximum absolute atomic E-state index is 5.55. The first-order chi connectivity index (χ1) is 4.29. The molecular formula is C7H15NO. The topological polar surface area (TPSA) is 21.3 Å². The lowest BCUT2D eigenvalue weighted by molar-refractivity contribution is 0.0202. The molecule has 0 amide bonds. The molecule has 54 valence electrons. The van der Waals surface area contributed by atoms with Crippen molar-refractivity contribution in [2.75, 3.05) is 13.1 Å². The van der Waals surface area contributed by atoms with Crippen LogP contribution in [0.2, 0.25) is 0 Å². The fourth-order valence-corrected chi connectivity index (χ4v) is 1.12. The van der Waals surface area contributed by atoms with E-state index in [4.69, 9.17) is 4.74 Å². The van der Waals surface area contributed by atoms with E-state index in [1.54, 1.807) is 0 Å². The smallest absolute Gasteiger partial charge is 0.0674 e. The maximum atomic E-state index is 5.55. The van der Waals surface area contributed by atoms with Crippen molar-refractivity contribution in [1.82, 2.24) is 5.32 Å². The molecule has 0 aromatic carbocycles. The summed E-state index contributed by atoms with van der Waals surface area (Å²) in [5.41, 5.74) is 0. The van der Waals surface area contributed by atoms with E-state index >= 15 is 0 Å². The van der Waals surface area contributed by atoms with E-state index in [-0.39, 0.29) is 0 Å². The Hall–Kier alpha value is -0.0800. The van der Waals surface area contributed by atoms with Crippen molar-refractivity contribution in [3.05, 3.63) is 0 Å². The molecule has 1 aliphatic rings. The molecule has 2 atom stereocenters. The summed E-state index contributed by atoms with van der Waals surface area (Å²) in [7, 11) is 0. The van der Waals surface area contributed by atoms with Gasteiger partial charge in [0.25, 0.3) is 0 Å². The highest BCUT2D eigenvalue weighted by atomic mass is 16.5. The Bertz CT molecular complexity index is 75.0. The molecule has 9 heavy (non-hydrogen) atoms. The number of rotatable bonds is 0. The van der Waals surface area contributed by atoms with Gasteiger partial charge in [-0.3, -0.25) is 0 Å². The van der Waals surface area contributed by atoms with Gasteiger partial charge in [-0.1, -0.05) is 0 Å². The minimum Gasteiger partial charge on any atom is -0.374 e. The minimum absolute atomic E-state index is 0.391. The zero-order valence-corrected chi connectivity index (χ0v) is 6.18. The van der Waals surface area contributed by atoms with Gasteiger partial charge in [0.2, 0.25) is 0 Å². The fraction of sp³-hybridized carbons (Fsp3) is 1.00. The minimum atomic E-state index is 0.391. The van der Waals surface area contributed by atoms with E-state index in [2.05, 4.69) is 19.2 Å². The lowest BCUT2D eigenvalue weighted by atomic mass is 10.3. The van der Waals surface area contributed by atoms with Crippen molar-refractivity contribution in [3.63, 3.8) is 0 Å². The second-order valence-electron chi connectivity index (χ2n) is 2.75. The van der Waals surface area contributed by atoms with Gasteiger partial charge in [0.05, 0.1) is 12.2 Å². The molecule has 2 unspecified atom stereocenters. The average Bonchev–Trinajstić information content (AvgIpc) is 1.93. The molecule has 0 aromatic heterocycles. The Kier molecular flexibility index (Phi) is 2.49. The molecule has 0 spiro atoms. The summed E-state index contributed by atoms with van der Waals surface area (Å²) in [6.07, 6.45) is 1.97. The average molecular weight is 129 g/mol. The highest BCUT2D eigenvalue weighted by Crippen LogP contribution is 2.03. The van der Waals surface area contributed by atoms with Crippen LogP contribution in [-0.2, 0) is 4.74 Å². The number of ether oxygens (including phenoxy) is 1. The lowest BCUT2D eigenvalue weighted by Crippen LogP contribution is -2.23. The van der Waals surface area contributed by atoms with Crippen molar-refractivity contribution < 1.29 is 4.74 Å². The van der Waals surface area contributed by atoms with Crippen LogP contribution in [0.25, 0.3) is 0 Å². The van der Waals surface area contributed by atoms with Crippen LogP contribution in [0.1, 0.15) is 20.3 Å². The molecule has 1 N–H and O–H groups in total. The molecule has 1 rings (SSSR count). The standard InChI is InChI=1S/C7H15NO/c1-6-3-4-8-5-7(2)9-6/h6-8H,3-5H2,1-2H3. The van der Waals surface area contributed by atoms with E-state index in [9.17, 15) is 0 Å². The van der Waals surface area contributed by atoms with Gasteiger partial charge in [0.15, 0.2) is 0 Å². The van der Waals surface area contributed by atoms with Crippen LogP contribution in [0.3, 0.4) is 0 Å². The molecule has 0 radical (unpaired) electrons. The molecule has 1 heterocycles. The van der Waals surface area contributed by atoms with Crippen LogP contribution in [-0.4, -0.2) is 25.3 Å². The molecule has 1 fully saturated rings. The second-order valence-corrected chi connectivity index (χ2v) is 2.75. The lowest BCUT2D eigenvalue weighted by Gasteiger charge is -2.12. The van der Waals surface area contributed by atoms with Crippen LogP contribution in [0.15, 0.2) is 0 Å².